The van der Waals surface area contributed by atoms with Crippen molar-refractivity contribution in [3.63, 3.8) is 0 Å². The van der Waals surface area contributed by atoms with Crippen LogP contribution in [0.5, 0.6) is 0 Å². The number of urea groups is 1. The summed E-state index contributed by atoms with van der Waals surface area (Å²) in [6.45, 7) is 5.11. The van der Waals surface area contributed by atoms with Gasteiger partial charge in [0.05, 0.1) is 17.2 Å². The number of hydrogen-bond donors (Lipinski definition) is 3. The van der Waals surface area contributed by atoms with Gasteiger partial charge in [-0.2, -0.15) is 0 Å². The van der Waals surface area contributed by atoms with Crippen LogP contribution in [0.3, 0.4) is 0 Å². The predicted octanol–water partition coefficient (Wildman–Crippen LogP) is 2.83. The fourth-order valence-corrected chi connectivity index (χ4v) is 7.83. The number of hydrogen-bond acceptors (Lipinski definition) is 6. The molecule has 0 radical (unpaired) electrons. The lowest BCUT2D eigenvalue weighted by atomic mass is 9.53. The summed E-state index contributed by atoms with van der Waals surface area (Å²) in [6.07, 6.45) is 8.71. The quantitative estimate of drug-likeness (QED) is 0.610. The standard InChI is InChI=1S/C24H35N5O3S/c1-14-20(33-13-25-14)22(31)26-19-3-5-29(6-4-19)15(2)21(30)27-23(32)28-24-10-16-7-17(11-24)9-18(8-16)12-24/h13,15-19H,3-12H2,1-2H3,(H,26,31)(H2,27,28,30,32). The van der Waals surface area contributed by atoms with Crippen LogP contribution in [0.25, 0.3) is 0 Å². The summed E-state index contributed by atoms with van der Waals surface area (Å²) in [6, 6.07) is -0.631. The molecule has 180 valence electrons. The highest BCUT2D eigenvalue weighted by Crippen LogP contribution is 2.55. The number of amides is 4. The van der Waals surface area contributed by atoms with E-state index in [2.05, 4.69) is 25.8 Å². The molecule has 5 aliphatic rings. The minimum absolute atomic E-state index is 0.0689. The van der Waals surface area contributed by atoms with Crippen LogP contribution in [0.15, 0.2) is 5.51 Å². The van der Waals surface area contributed by atoms with Gasteiger partial charge < -0.3 is 10.6 Å². The zero-order valence-electron chi connectivity index (χ0n) is 19.6. The van der Waals surface area contributed by atoms with Crippen LogP contribution in [-0.2, 0) is 4.79 Å². The van der Waals surface area contributed by atoms with Crippen LogP contribution < -0.4 is 16.0 Å². The number of carbonyl (C=O) groups excluding carboxylic acids is 3. The van der Waals surface area contributed by atoms with Crippen molar-refractivity contribution in [1.29, 1.82) is 0 Å². The third kappa shape index (κ3) is 4.80. The summed E-state index contributed by atoms with van der Waals surface area (Å²) < 4.78 is 0. The van der Waals surface area contributed by atoms with Gasteiger partial charge in [0.25, 0.3) is 5.91 Å². The summed E-state index contributed by atoms with van der Waals surface area (Å²) in [5.74, 6) is 1.91. The Balaban J connectivity index is 1.08. The second-order valence-corrected chi connectivity index (χ2v) is 11.7. The van der Waals surface area contributed by atoms with E-state index in [4.69, 9.17) is 0 Å². The van der Waals surface area contributed by atoms with Crippen LogP contribution in [0.4, 0.5) is 4.79 Å². The monoisotopic (exact) mass is 473 g/mol. The highest BCUT2D eigenvalue weighted by Gasteiger charge is 2.51. The van der Waals surface area contributed by atoms with Crippen LogP contribution in [0.1, 0.15) is 73.7 Å². The number of aryl methyl sites for hydroxylation is 1. The van der Waals surface area contributed by atoms with E-state index in [1.807, 2.05) is 13.8 Å². The molecular formula is C24H35N5O3S. The first kappa shape index (κ1) is 22.8. The number of imide groups is 1. The molecular weight excluding hydrogens is 438 g/mol. The Morgan fingerprint density at radius 2 is 1.70 bits per heavy atom. The molecule has 6 rings (SSSR count). The highest BCUT2D eigenvalue weighted by atomic mass is 32.1. The molecule has 1 unspecified atom stereocenters. The molecule has 4 bridgehead atoms. The SMILES string of the molecule is Cc1ncsc1C(=O)NC1CCN(C(C)C(=O)NC(=O)NC23CC4CC(CC(C4)C2)C3)CC1. The van der Waals surface area contributed by atoms with E-state index in [1.165, 1.54) is 30.6 Å². The lowest BCUT2D eigenvalue weighted by molar-refractivity contribution is -0.125. The summed E-state index contributed by atoms with van der Waals surface area (Å²) >= 11 is 1.36. The van der Waals surface area contributed by atoms with E-state index in [1.54, 1.807) is 5.51 Å². The van der Waals surface area contributed by atoms with Crippen molar-refractivity contribution < 1.29 is 14.4 Å². The van der Waals surface area contributed by atoms with Crippen molar-refractivity contribution in [1.82, 2.24) is 25.8 Å². The minimum atomic E-state index is -0.382. The molecule has 4 aliphatic carbocycles. The Morgan fingerprint density at radius 1 is 1.09 bits per heavy atom. The van der Waals surface area contributed by atoms with Crippen LogP contribution in [-0.4, -0.2) is 58.4 Å². The number of likely N-dealkylation sites (tertiary alicyclic amines) is 1. The number of nitrogens with one attached hydrogen (secondary N) is 3. The Labute approximate surface area is 199 Å². The first-order chi connectivity index (χ1) is 15.8. The van der Waals surface area contributed by atoms with Gasteiger partial charge in [0.15, 0.2) is 0 Å². The van der Waals surface area contributed by atoms with Crippen LogP contribution in [0, 0.1) is 24.7 Å². The molecule has 5 fully saturated rings. The van der Waals surface area contributed by atoms with Crippen molar-refractivity contribution >= 4 is 29.2 Å². The largest absolute Gasteiger partial charge is 0.348 e. The van der Waals surface area contributed by atoms with Crippen molar-refractivity contribution in [3.05, 3.63) is 16.1 Å². The Kier molecular flexibility index (Phi) is 6.20. The molecule has 1 saturated heterocycles. The average molecular weight is 474 g/mol. The van der Waals surface area contributed by atoms with Crippen molar-refractivity contribution in [2.24, 2.45) is 17.8 Å². The number of nitrogens with zero attached hydrogens (tertiary/aromatic N) is 2. The van der Waals surface area contributed by atoms with Crippen molar-refractivity contribution in [2.75, 3.05) is 13.1 Å². The predicted molar refractivity (Wildman–Crippen MR) is 126 cm³/mol. The second-order valence-electron chi connectivity index (χ2n) is 10.9. The summed E-state index contributed by atoms with van der Waals surface area (Å²) in [4.78, 5) is 44.9. The van der Waals surface area contributed by atoms with Gasteiger partial charge in [-0.05, 0) is 83.0 Å². The molecule has 3 N–H and O–H groups in total. The van der Waals surface area contributed by atoms with Crippen LogP contribution >= 0.6 is 11.3 Å². The van der Waals surface area contributed by atoms with Gasteiger partial charge in [-0.3, -0.25) is 19.8 Å². The van der Waals surface area contributed by atoms with Gasteiger partial charge in [0.2, 0.25) is 5.91 Å². The molecule has 4 amide bonds. The zero-order chi connectivity index (χ0) is 23.2. The zero-order valence-corrected chi connectivity index (χ0v) is 20.4. The topological polar surface area (TPSA) is 103 Å². The number of piperidine rings is 1. The summed E-state index contributed by atoms with van der Waals surface area (Å²) in [5, 5.41) is 8.93. The third-order valence-corrected chi connectivity index (χ3v) is 9.32. The molecule has 1 aromatic heterocycles. The number of carbonyl (C=O) groups is 3. The molecule has 9 heteroatoms. The molecule has 1 aromatic rings. The van der Waals surface area contributed by atoms with Gasteiger partial charge in [-0.1, -0.05) is 0 Å². The molecule has 0 spiro atoms. The third-order valence-electron chi connectivity index (χ3n) is 8.40. The fraction of sp³-hybridized carbons (Fsp3) is 0.750. The molecule has 1 aliphatic heterocycles. The smallest absolute Gasteiger partial charge is 0.321 e. The Morgan fingerprint density at radius 3 is 2.24 bits per heavy atom. The molecule has 4 saturated carbocycles. The van der Waals surface area contributed by atoms with Gasteiger partial charge in [0, 0.05) is 24.7 Å². The summed E-state index contributed by atoms with van der Waals surface area (Å²) in [5.41, 5.74) is 2.34. The maximum atomic E-state index is 12.8. The van der Waals surface area contributed by atoms with Gasteiger partial charge in [0.1, 0.15) is 4.88 Å². The first-order valence-electron chi connectivity index (χ1n) is 12.4. The Hall–Kier alpha value is -2.00. The number of thiazole rings is 1. The number of aromatic nitrogens is 1. The normalized spacial score (nSPS) is 32.4. The maximum absolute atomic E-state index is 12.8. The lowest BCUT2D eigenvalue weighted by Crippen LogP contribution is -2.62. The van der Waals surface area contributed by atoms with E-state index in [9.17, 15) is 14.4 Å². The van der Waals surface area contributed by atoms with Crippen molar-refractivity contribution in [3.8, 4) is 0 Å². The van der Waals surface area contributed by atoms with Gasteiger partial charge in [-0.15, -0.1) is 11.3 Å². The van der Waals surface area contributed by atoms with Crippen LogP contribution in [0.2, 0.25) is 0 Å². The lowest BCUT2D eigenvalue weighted by Gasteiger charge is -2.56. The fourth-order valence-electron chi connectivity index (χ4n) is 7.12. The van der Waals surface area contributed by atoms with E-state index in [-0.39, 0.29) is 35.5 Å². The Bertz CT molecular complexity index is 888. The highest BCUT2D eigenvalue weighted by molar-refractivity contribution is 7.11. The van der Waals surface area contributed by atoms with E-state index >= 15 is 0 Å². The number of rotatable bonds is 5. The molecule has 33 heavy (non-hydrogen) atoms. The van der Waals surface area contributed by atoms with E-state index < -0.39 is 0 Å². The molecule has 8 nitrogen and oxygen atoms in total. The van der Waals surface area contributed by atoms with Gasteiger partial charge >= 0.3 is 6.03 Å². The van der Waals surface area contributed by atoms with Gasteiger partial charge in [-0.25, -0.2) is 9.78 Å². The molecule has 1 atom stereocenters. The van der Waals surface area contributed by atoms with E-state index in [0.29, 0.717) is 18.0 Å². The maximum Gasteiger partial charge on any atom is 0.321 e. The molecule has 0 aromatic carbocycles. The second kappa shape index (κ2) is 8.98. The average Bonchev–Trinajstić information content (AvgIpc) is 3.18. The minimum Gasteiger partial charge on any atom is -0.348 e. The van der Waals surface area contributed by atoms with E-state index in [0.717, 1.165) is 55.6 Å². The summed E-state index contributed by atoms with van der Waals surface area (Å²) in [7, 11) is 0. The molecule has 2 heterocycles. The first-order valence-corrected chi connectivity index (χ1v) is 13.3. The van der Waals surface area contributed by atoms with Crippen molar-refractivity contribution in [2.45, 2.75) is 82.8 Å².